The quantitative estimate of drug-likeness (QED) is 0.294. The van der Waals surface area contributed by atoms with Crippen LogP contribution in [0.1, 0.15) is 43.2 Å². The molecule has 0 atom stereocenters. The van der Waals surface area contributed by atoms with Crippen molar-refractivity contribution in [2.24, 2.45) is 4.99 Å². The van der Waals surface area contributed by atoms with Gasteiger partial charge >= 0.3 is 5.97 Å². The van der Waals surface area contributed by atoms with Crippen molar-refractivity contribution in [1.29, 1.82) is 0 Å². The maximum absolute atomic E-state index is 11.0. The number of esters is 1. The number of unbranched alkanes of at least 4 members (excludes halogenated alkanes) is 3. The van der Waals surface area contributed by atoms with Gasteiger partial charge in [-0.1, -0.05) is 25.0 Å². The van der Waals surface area contributed by atoms with Gasteiger partial charge in [0.05, 0.1) is 14.2 Å². The Hall–Kier alpha value is -2.24. The number of ether oxygens (including phenoxy) is 2. The van der Waals surface area contributed by atoms with E-state index in [4.69, 9.17) is 4.74 Å². The molecule has 0 spiro atoms. The molecule has 2 N–H and O–H groups in total. The van der Waals surface area contributed by atoms with E-state index in [-0.39, 0.29) is 5.97 Å². The van der Waals surface area contributed by atoms with Gasteiger partial charge in [-0.05, 0) is 31.4 Å². The summed E-state index contributed by atoms with van der Waals surface area (Å²) in [6.07, 6.45) is 4.53. The van der Waals surface area contributed by atoms with Crippen LogP contribution in [0, 0.1) is 6.92 Å². The number of nitrogens with zero attached hydrogens (tertiary/aromatic N) is 1. The lowest BCUT2D eigenvalue weighted by Crippen LogP contribution is -2.37. The van der Waals surface area contributed by atoms with Crippen molar-refractivity contribution >= 4 is 11.9 Å². The molecule has 1 aromatic rings. The summed E-state index contributed by atoms with van der Waals surface area (Å²) in [5, 5.41) is 6.61. The number of carbonyl (C=O) groups is 1. The largest absolute Gasteiger partial charge is 0.496 e. The first-order valence-corrected chi connectivity index (χ1v) is 8.75. The predicted octanol–water partition coefficient (Wildman–Crippen LogP) is 2.79. The van der Waals surface area contributed by atoms with E-state index in [1.165, 1.54) is 12.7 Å². The SMILES string of the molecule is CN=C(NCCCCCCC(=O)OC)NCc1ccc(C)cc1OC. The Morgan fingerprint density at radius 2 is 1.88 bits per heavy atom. The summed E-state index contributed by atoms with van der Waals surface area (Å²) < 4.78 is 10.0. The van der Waals surface area contributed by atoms with Gasteiger partial charge in [0.15, 0.2) is 5.96 Å². The fraction of sp³-hybridized carbons (Fsp3) is 0.579. The van der Waals surface area contributed by atoms with Gasteiger partial charge in [-0.2, -0.15) is 0 Å². The smallest absolute Gasteiger partial charge is 0.305 e. The Morgan fingerprint density at radius 3 is 2.56 bits per heavy atom. The van der Waals surface area contributed by atoms with E-state index in [0.29, 0.717) is 13.0 Å². The number of hydrogen-bond acceptors (Lipinski definition) is 4. The molecule has 0 aliphatic heterocycles. The van der Waals surface area contributed by atoms with Gasteiger partial charge in [-0.15, -0.1) is 0 Å². The van der Waals surface area contributed by atoms with Crippen molar-refractivity contribution in [1.82, 2.24) is 10.6 Å². The van der Waals surface area contributed by atoms with E-state index in [2.05, 4.69) is 32.5 Å². The summed E-state index contributed by atoms with van der Waals surface area (Å²) in [6.45, 7) is 3.55. The highest BCUT2D eigenvalue weighted by molar-refractivity contribution is 5.79. The molecule has 0 heterocycles. The lowest BCUT2D eigenvalue weighted by atomic mass is 10.1. The molecule has 25 heavy (non-hydrogen) atoms. The molecule has 0 amide bonds. The topological polar surface area (TPSA) is 72.0 Å². The van der Waals surface area contributed by atoms with Gasteiger partial charge in [0.2, 0.25) is 0 Å². The van der Waals surface area contributed by atoms with Gasteiger partial charge in [0, 0.05) is 32.1 Å². The molecule has 140 valence electrons. The van der Waals surface area contributed by atoms with Gasteiger partial charge in [-0.3, -0.25) is 9.79 Å². The molecular weight excluding hydrogens is 318 g/mol. The first kappa shape index (κ1) is 20.8. The van der Waals surface area contributed by atoms with Crippen LogP contribution in [0.15, 0.2) is 23.2 Å². The fourth-order valence-corrected chi connectivity index (χ4v) is 2.45. The van der Waals surface area contributed by atoms with Crippen LogP contribution in [0.25, 0.3) is 0 Å². The summed E-state index contributed by atoms with van der Waals surface area (Å²) in [5.74, 6) is 1.53. The lowest BCUT2D eigenvalue weighted by molar-refractivity contribution is -0.140. The molecule has 0 bridgehead atoms. The van der Waals surface area contributed by atoms with E-state index in [0.717, 1.165) is 49.5 Å². The number of aliphatic imine (C=N–C) groups is 1. The van der Waals surface area contributed by atoms with Crippen molar-refractivity contribution in [3.8, 4) is 5.75 Å². The summed E-state index contributed by atoms with van der Waals surface area (Å²) in [4.78, 5) is 15.3. The van der Waals surface area contributed by atoms with Gasteiger partial charge in [0.1, 0.15) is 5.75 Å². The average Bonchev–Trinajstić information content (AvgIpc) is 2.63. The van der Waals surface area contributed by atoms with Crippen LogP contribution in [0.5, 0.6) is 5.75 Å². The maximum atomic E-state index is 11.0. The molecule has 0 radical (unpaired) electrons. The van der Waals surface area contributed by atoms with Crippen LogP contribution in [-0.4, -0.2) is 39.7 Å². The van der Waals surface area contributed by atoms with Gasteiger partial charge in [0.25, 0.3) is 0 Å². The predicted molar refractivity (Wildman–Crippen MR) is 101 cm³/mol. The summed E-state index contributed by atoms with van der Waals surface area (Å²) in [7, 11) is 4.88. The van der Waals surface area contributed by atoms with Gasteiger partial charge in [-0.25, -0.2) is 0 Å². The minimum Gasteiger partial charge on any atom is -0.496 e. The van der Waals surface area contributed by atoms with E-state index in [1.54, 1.807) is 14.2 Å². The zero-order chi connectivity index (χ0) is 18.5. The Labute approximate surface area is 151 Å². The normalized spacial score (nSPS) is 11.1. The zero-order valence-corrected chi connectivity index (χ0v) is 15.9. The molecule has 6 nitrogen and oxygen atoms in total. The number of nitrogens with one attached hydrogen (secondary N) is 2. The third-order valence-electron chi connectivity index (χ3n) is 3.94. The van der Waals surface area contributed by atoms with Crippen LogP contribution in [0.2, 0.25) is 0 Å². The second kappa shape index (κ2) is 12.2. The molecule has 0 aliphatic rings. The molecule has 0 saturated heterocycles. The zero-order valence-electron chi connectivity index (χ0n) is 15.9. The molecule has 0 saturated carbocycles. The Kier molecular flexibility index (Phi) is 10.1. The lowest BCUT2D eigenvalue weighted by Gasteiger charge is -2.14. The number of methoxy groups -OCH3 is 2. The minimum atomic E-state index is -0.130. The Bertz CT molecular complexity index is 559. The Morgan fingerprint density at radius 1 is 1.12 bits per heavy atom. The van der Waals surface area contributed by atoms with E-state index in [9.17, 15) is 4.79 Å². The van der Waals surface area contributed by atoms with E-state index < -0.39 is 0 Å². The monoisotopic (exact) mass is 349 g/mol. The van der Waals surface area contributed by atoms with Crippen molar-refractivity contribution in [3.63, 3.8) is 0 Å². The number of benzene rings is 1. The third-order valence-corrected chi connectivity index (χ3v) is 3.94. The first-order valence-electron chi connectivity index (χ1n) is 8.75. The second-order valence-electron chi connectivity index (χ2n) is 5.91. The van der Waals surface area contributed by atoms with Crippen LogP contribution >= 0.6 is 0 Å². The fourth-order valence-electron chi connectivity index (χ4n) is 2.45. The maximum Gasteiger partial charge on any atom is 0.305 e. The molecule has 0 fully saturated rings. The van der Waals surface area contributed by atoms with E-state index in [1.807, 2.05) is 13.0 Å². The highest BCUT2D eigenvalue weighted by atomic mass is 16.5. The summed E-state index contributed by atoms with van der Waals surface area (Å²) in [5.41, 5.74) is 2.27. The van der Waals surface area contributed by atoms with Gasteiger partial charge < -0.3 is 20.1 Å². The number of guanidine groups is 1. The van der Waals surface area contributed by atoms with Crippen molar-refractivity contribution in [2.45, 2.75) is 45.6 Å². The number of carbonyl (C=O) groups excluding carboxylic acids is 1. The molecule has 0 aliphatic carbocycles. The summed E-state index contributed by atoms with van der Waals surface area (Å²) in [6, 6.07) is 6.17. The third kappa shape index (κ3) is 8.42. The second-order valence-corrected chi connectivity index (χ2v) is 5.91. The number of hydrogen-bond donors (Lipinski definition) is 2. The summed E-state index contributed by atoms with van der Waals surface area (Å²) >= 11 is 0. The van der Waals surface area contributed by atoms with Crippen molar-refractivity contribution in [3.05, 3.63) is 29.3 Å². The molecule has 6 heteroatoms. The van der Waals surface area contributed by atoms with Crippen LogP contribution < -0.4 is 15.4 Å². The standard InChI is InChI=1S/C19H31N3O3/c1-15-10-11-16(17(13-15)24-3)14-22-19(20-2)21-12-8-6-5-7-9-18(23)25-4/h10-11,13H,5-9,12,14H2,1-4H3,(H2,20,21,22). The highest BCUT2D eigenvalue weighted by Crippen LogP contribution is 2.19. The van der Waals surface area contributed by atoms with Crippen LogP contribution in [-0.2, 0) is 16.1 Å². The molecule has 0 aromatic heterocycles. The first-order chi connectivity index (χ1) is 12.1. The van der Waals surface area contributed by atoms with Crippen LogP contribution in [0.3, 0.4) is 0 Å². The van der Waals surface area contributed by atoms with Crippen molar-refractivity contribution < 1.29 is 14.3 Å². The number of rotatable bonds is 10. The molecule has 1 aromatic carbocycles. The molecule has 0 unspecified atom stereocenters. The molecular formula is C19H31N3O3. The van der Waals surface area contributed by atoms with E-state index >= 15 is 0 Å². The number of aryl methyl sites for hydroxylation is 1. The van der Waals surface area contributed by atoms with Crippen molar-refractivity contribution in [2.75, 3.05) is 27.8 Å². The average molecular weight is 349 g/mol. The molecule has 1 rings (SSSR count). The Balaban J connectivity index is 2.24. The highest BCUT2D eigenvalue weighted by Gasteiger charge is 2.04. The van der Waals surface area contributed by atoms with Crippen LogP contribution in [0.4, 0.5) is 0 Å². The minimum absolute atomic E-state index is 0.130.